The highest BCUT2D eigenvalue weighted by Crippen LogP contribution is 2.32. The number of anilines is 2. The lowest BCUT2D eigenvalue weighted by atomic mass is 10.1. The van der Waals surface area contributed by atoms with Crippen LogP contribution < -0.4 is 4.90 Å². The molecular weight excluding hydrogens is 394 g/mol. The van der Waals surface area contributed by atoms with Crippen molar-refractivity contribution in [3.8, 4) is 0 Å². The Morgan fingerprint density at radius 1 is 0.812 bits per heavy atom. The largest absolute Gasteiger partial charge is 0.371 e. The van der Waals surface area contributed by atoms with Gasteiger partial charge in [0.15, 0.2) is 0 Å². The molecule has 1 heterocycles. The first-order valence-corrected chi connectivity index (χ1v) is 11.5. The van der Waals surface area contributed by atoms with E-state index in [1.54, 1.807) is 0 Å². The Balaban J connectivity index is 1.37. The number of hydrazone groups is 1. The average Bonchev–Trinajstić information content (AvgIpc) is 3.69. The topological polar surface area (TPSA) is 31.4 Å². The van der Waals surface area contributed by atoms with E-state index in [9.17, 15) is 0 Å². The third-order valence-electron chi connectivity index (χ3n) is 5.80. The summed E-state index contributed by atoms with van der Waals surface area (Å²) in [5.41, 5.74) is 5.77. The Bertz CT molecular complexity index is 1060. The Labute approximate surface area is 190 Å². The fourth-order valence-corrected chi connectivity index (χ4v) is 4.01. The molecule has 4 nitrogen and oxygen atoms in total. The third kappa shape index (κ3) is 5.09. The lowest BCUT2D eigenvalue weighted by molar-refractivity contribution is 0.307. The SMILES string of the molecule is C1=CC(N(CC2CO2)/N=C/c2ccc(N(C3=CCCC=C3)c3ccccc3)cc2)=CCC1. The summed E-state index contributed by atoms with van der Waals surface area (Å²) in [6, 6.07) is 19.2. The fraction of sp³-hybridized carbons (Fsp3) is 0.250. The van der Waals surface area contributed by atoms with Crippen molar-refractivity contribution in [2.24, 2.45) is 5.10 Å². The van der Waals surface area contributed by atoms with Gasteiger partial charge in [-0.25, -0.2) is 0 Å². The molecule has 0 aromatic heterocycles. The third-order valence-corrected chi connectivity index (χ3v) is 5.80. The fourth-order valence-electron chi connectivity index (χ4n) is 4.01. The Morgan fingerprint density at radius 3 is 2.09 bits per heavy atom. The summed E-state index contributed by atoms with van der Waals surface area (Å²) >= 11 is 0. The molecule has 0 bridgehead atoms. The molecule has 162 valence electrons. The minimum atomic E-state index is 0.294. The quantitative estimate of drug-likeness (QED) is 0.283. The van der Waals surface area contributed by atoms with Gasteiger partial charge in [0.1, 0.15) is 6.10 Å². The predicted octanol–water partition coefficient (Wildman–Crippen LogP) is 6.33. The van der Waals surface area contributed by atoms with Crippen molar-refractivity contribution in [3.63, 3.8) is 0 Å². The Morgan fingerprint density at radius 2 is 1.47 bits per heavy atom. The summed E-state index contributed by atoms with van der Waals surface area (Å²) in [5.74, 6) is 0. The zero-order valence-electron chi connectivity index (χ0n) is 18.3. The van der Waals surface area contributed by atoms with Gasteiger partial charge < -0.3 is 9.64 Å². The van der Waals surface area contributed by atoms with E-state index in [0.29, 0.717) is 6.10 Å². The molecule has 0 spiro atoms. The molecule has 1 aliphatic heterocycles. The lowest BCUT2D eigenvalue weighted by Crippen LogP contribution is -2.22. The van der Waals surface area contributed by atoms with Gasteiger partial charge in [-0.3, -0.25) is 5.01 Å². The molecule has 0 radical (unpaired) electrons. The second kappa shape index (κ2) is 9.84. The number of hydrogen-bond acceptors (Lipinski definition) is 4. The number of rotatable bonds is 8. The van der Waals surface area contributed by atoms with Crippen molar-refractivity contribution in [2.45, 2.75) is 31.8 Å². The van der Waals surface area contributed by atoms with Crippen LogP contribution in [0.2, 0.25) is 0 Å². The highest BCUT2D eigenvalue weighted by Gasteiger charge is 2.26. The zero-order valence-corrected chi connectivity index (χ0v) is 18.3. The maximum Gasteiger partial charge on any atom is 0.101 e. The molecule has 2 aliphatic carbocycles. The molecule has 0 saturated carbocycles. The smallest absolute Gasteiger partial charge is 0.101 e. The van der Waals surface area contributed by atoms with Crippen LogP contribution in [0.5, 0.6) is 0 Å². The molecule has 1 fully saturated rings. The first-order valence-electron chi connectivity index (χ1n) is 11.5. The number of allylic oxidation sites excluding steroid dienone is 6. The molecule has 4 heteroatoms. The van der Waals surface area contributed by atoms with Gasteiger partial charge in [0.2, 0.25) is 0 Å². The van der Waals surface area contributed by atoms with E-state index in [0.717, 1.165) is 55.8 Å². The van der Waals surface area contributed by atoms with Gasteiger partial charge >= 0.3 is 0 Å². The van der Waals surface area contributed by atoms with Gasteiger partial charge in [0, 0.05) is 17.1 Å². The zero-order chi connectivity index (χ0) is 21.6. The highest BCUT2D eigenvalue weighted by atomic mass is 16.6. The van der Waals surface area contributed by atoms with Crippen molar-refractivity contribution in [2.75, 3.05) is 18.1 Å². The average molecular weight is 424 g/mol. The molecule has 1 unspecified atom stereocenters. The van der Waals surface area contributed by atoms with Crippen molar-refractivity contribution in [1.82, 2.24) is 5.01 Å². The van der Waals surface area contributed by atoms with Gasteiger partial charge in [0.05, 0.1) is 25.1 Å². The molecule has 2 aromatic carbocycles. The van der Waals surface area contributed by atoms with Crippen molar-refractivity contribution < 1.29 is 4.74 Å². The number of epoxide rings is 1. The van der Waals surface area contributed by atoms with Crippen LogP contribution in [0, 0.1) is 0 Å². The van der Waals surface area contributed by atoms with Gasteiger partial charge in [0.25, 0.3) is 0 Å². The van der Waals surface area contributed by atoms with E-state index in [1.165, 1.54) is 11.4 Å². The summed E-state index contributed by atoms with van der Waals surface area (Å²) in [5, 5.41) is 6.86. The van der Waals surface area contributed by atoms with Crippen LogP contribution in [0.4, 0.5) is 11.4 Å². The highest BCUT2D eigenvalue weighted by molar-refractivity contribution is 5.81. The molecule has 2 aromatic rings. The normalized spacial score (nSPS) is 19.6. The minimum Gasteiger partial charge on any atom is -0.371 e. The van der Waals surface area contributed by atoms with Gasteiger partial charge in [-0.15, -0.1) is 0 Å². The number of nitrogens with zero attached hydrogens (tertiary/aromatic N) is 3. The van der Waals surface area contributed by atoms with Gasteiger partial charge in [-0.05, 0) is 67.7 Å². The summed E-state index contributed by atoms with van der Waals surface area (Å²) in [6.45, 7) is 1.63. The molecule has 0 N–H and O–H groups in total. The van der Waals surface area contributed by atoms with Crippen LogP contribution >= 0.6 is 0 Å². The molecule has 1 saturated heterocycles. The second-order valence-electron chi connectivity index (χ2n) is 8.26. The van der Waals surface area contributed by atoms with Gasteiger partial charge in [-0.1, -0.05) is 54.6 Å². The maximum atomic E-state index is 5.44. The summed E-state index contributed by atoms with van der Waals surface area (Å²) < 4.78 is 5.44. The first-order chi connectivity index (χ1) is 15.9. The monoisotopic (exact) mass is 423 g/mol. The first kappa shape index (κ1) is 20.5. The van der Waals surface area contributed by atoms with Crippen molar-refractivity contribution in [1.29, 1.82) is 0 Å². The van der Waals surface area contributed by atoms with Crippen LogP contribution in [-0.4, -0.2) is 30.5 Å². The molecule has 32 heavy (non-hydrogen) atoms. The molecule has 5 rings (SSSR count). The lowest BCUT2D eigenvalue weighted by Gasteiger charge is -2.27. The van der Waals surface area contributed by atoms with E-state index in [2.05, 4.69) is 101 Å². The Hall–Kier alpha value is -3.37. The van der Waals surface area contributed by atoms with Crippen molar-refractivity contribution >= 4 is 17.6 Å². The van der Waals surface area contributed by atoms with E-state index in [4.69, 9.17) is 9.84 Å². The predicted molar refractivity (Wildman–Crippen MR) is 132 cm³/mol. The standard InChI is InChI=1S/C28H29N3O/c1-4-10-24(11-5-1)30(21-28-22-32-28)29-20-23-16-18-27(19-17-23)31(25-12-6-2-7-13-25)26-14-8-3-9-15-26/h2,4,6-8,10-20,28H,1,3,5,9,21-22H2/b29-20+. The number of ether oxygens (including phenoxy) is 1. The number of para-hydroxylation sites is 1. The van der Waals surface area contributed by atoms with Crippen LogP contribution in [0.15, 0.2) is 108 Å². The summed E-state index contributed by atoms with van der Waals surface area (Å²) in [6.07, 6.45) is 20.0. The van der Waals surface area contributed by atoms with Crippen LogP contribution in [-0.2, 0) is 4.74 Å². The summed E-state index contributed by atoms with van der Waals surface area (Å²) in [4.78, 5) is 2.31. The van der Waals surface area contributed by atoms with E-state index >= 15 is 0 Å². The van der Waals surface area contributed by atoms with E-state index in [-0.39, 0.29) is 0 Å². The molecular formula is C28H29N3O. The van der Waals surface area contributed by atoms with Gasteiger partial charge in [-0.2, -0.15) is 5.10 Å². The van der Waals surface area contributed by atoms with Crippen LogP contribution in [0.3, 0.4) is 0 Å². The molecule has 1 atom stereocenters. The van der Waals surface area contributed by atoms with Crippen LogP contribution in [0.25, 0.3) is 0 Å². The molecule has 3 aliphatic rings. The van der Waals surface area contributed by atoms with E-state index < -0.39 is 0 Å². The number of benzene rings is 2. The minimum absolute atomic E-state index is 0.294. The second-order valence-corrected chi connectivity index (χ2v) is 8.26. The summed E-state index contributed by atoms with van der Waals surface area (Å²) in [7, 11) is 0. The maximum absolute atomic E-state index is 5.44. The van der Waals surface area contributed by atoms with E-state index in [1.807, 2.05) is 6.21 Å². The Kier molecular flexibility index (Phi) is 6.31. The van der Waals surface area contributed by atoms with Crippen molar-refractivity contribution in [3.05, 3.63) is 108 Å². The number of hydrogen-bond donors (Lipinski definition) is 0. The van der Waals surface area contributed by atoms with Crippen LogP contribution in [0.1, 0.15) is 31.2 Å². The molecule has 0 amide bonds.